The summed E-state index contributed by atoms with van der Waals surface area (Å²) in [7, 11) is -7.43. The van der Waals surface area contributed by atoms with Gasteiger partial charge in [0.2, 0.25) is 31.9 Å². The maximum Gasteiger partial charge on any atom is 0.240 e. The van der Waals surface area contributed by atoms with Gasteiger partial charge in [0.15, 0.2) is 0 Å². The molecule has 4 N–H and O–H groups in total. The summed E-state index contributed by atoms with van der Waals surface area (Å²) in [6, 6.07) is 18.6. The molecule has 0 saturated heterocycles. The number of carbonyl (C=O) groups is 2. The Bertz CT molecular complexity index is 1590. The molecule has 2 aromatic heterocycles. The van der Waals surface area contributed by atoms with Crippen LogP contribution < -0.4 is 20.1 Å². The largest absolute Gasteiger partial charge is 0.468 e. The van der Waals surface area contributed by atoms with E-state index in [0.29, 0.717) is 48.6 Å². The van der Waals surface area contributed by atoms with E-state index in [0.717, 1.165) is 19.3 Å². The van der Waals surface area contributed by atoms with Gasteiger partial charge in [-0.15, -0.1) is 0 Å². The first kappa shape index (κ1) is 33.6. The minimum Gasteiger partial charge on any atom is -0.468 e. The molecule has 4 aromatic rings. The van der Waals surface area contributed by atoms with Crippen molar-refractivity contribution in [3.8, 4) is 0 Å². The summed E-state index contributed by atoms with van der Waals surface area (Å²) in [4.78, 5) is 24.7. The first-order chi connectivity index (χ1) is 21.6. The van der Waals surface area contributed by atoms with E-state index in [1.54, 1.807) is 48.5 Å². The summed E-state index contributed by atoms with van der Waals surface area (Å²) < 4.78 is 64.9. The fourth-order valence-corrected chi connectivity index (χ4v) is 6.30. The third-order valence-corrected chi connectivity index (χ3v) is 9.57. The summed E-state index contributed by atoms with van der Waals surface area (Å²) >= 11 is 0. The molecule has 240 valence electrons. The van der Waals surface area contributed by atoms with Crippen LogP contribution in [0.25, 0.3) is 0 Å². The Hall–Kier alpha value is -4.24. The van der Waals surface area contributed by atoms with Gasteiger partial charge in [-0.2, -0.15) is 0 Å². The maximum atomic E-state index is 12.4. The summed E-state index contributed by atoms with van der Waals surface area (Å²) in [6.45, 7) is 0.0804. The predicted octanol–water partition coefficient (Wildman–Crippen LogP) is 5.14. The van der Waals surface area contributed by atoms with Crippen LogP contribution >= 0.6 is 0 Å². The summed E-state index contributed by atoms with van der Waals surface area (Å²) in [5.41, 5.74) is 1.02. The fourth-order valence-electron chi connectivity index (χ4n) is 4.31. The number of furan rings is 2. The zero-order valence-electron chi connectivity index (χ0n) is 24.5. The molecule has 0 spiro atoms. The topological polar surface area (TPSA) is 177 Å². The Labute approximate surface area is 262 Å². The summed E-state index contributed by atoms with van der Waals surface area (Å²) in [6.07, 6.45) is 7.50. The molecule has 4 rings (SSSR count). The average molecular weight is 657 g/mol. The van der Waals surface area contributed by atoms with Gasteiger partial charge in [-0.3, -0.25) is 9.59 Å². The van der Waals surface area contributed by atoms with Crippen LogP contribution in [0.4, 0.5) is 11.4 Å². The predicted molar refractivity (Wildman–Crippen MR) is 168 cm³/mol. The second kappa shape index (κ2) is 16.2. The lowest BCUT2D eigenvalue weighted by Crippen LogP contribution is -2.23. The molecule has 0 unspecified atom stereocenters. The van der Waals surface area contributed by atoms with Crippen LogP contribution in [0.2, 0.25) is 0 Å². The van der Waals surface area contributed by atoms with Crippen LogP contribution in [0.5, 0.6) is 0 Å². The third-order valence-electron chi connectivity index (χ3n) is 6.74. The van der Waals surface area contributed by atoms with Gasteiger partial charge < -0.3 is 19.5 Å². The SMILES string of the molecule is O=C(CCCCCCCC(=O)Nc1ccc(S(=O)(=O)NCc2ccco2)cc1)Nc1ccc(S(=O)(=O)NCc2ccco2)cc1. The summed E-state index contributed by atoms with van der Waals surface area (Å²) in [5.74, 6) is 0.681. The molecule has 45 heavy (non-hydrogen) atoms. The zero-order valence-corrected chi connectivity index (χ0v) is 26.2. The van der Waals surface area contributed by atoms with Crippen molar-refractivity contribution >= 4 is 43.2 Å². The highest BCUT2D eigenvalue weighted by atomic mass is 32.2. The van der Waals surface area contributed by atoms with Gasteiger partial charge in [-0.1, -0.05) is 19.3 Å². The highest BCUT2D eigenvalue weighted by molar-refractivity contribution is 7.89. The first-order valence-electron chi connectivity index (χ1n) is 14.4. The number of hydrogen-bond acceptors (Lipinski definition) is 8. The number of benzene rings is 2. The number of carbonyl (C=O) groups excluding carboxylic acids is 2. The van der Waals surface area contributed by atoms with Gasteiger partial charge >= 0.3 is 0 Å². The third kappa shape index (κ3) is 11.0. The monoisotopic (exact) mass is 656 g/mol. The molecular weight excluding hydrogens is 620 g/mol. The Morgan fingerprint density at radius 3 is 1.27 bits per heavy atom. The molecule has 0 aliphatic heterocycles. The van der Waals surface area contributed by atoms with E-state index in [4.69, 9.17) is 8.83 Å². The van der Waals surface area contributed by atoms with Crippen LogP contribution in [0.3, 0.4) is 0 Å². The molecule has 0 saturated carbocycles. The molecule has 2 aromatic carbocycles. The minimum atomic E-state index is -3.72. The Morgan fingerprint density at radius 1 is 0.533 bits per heavy atom. The van der Waals surface area contributed by atoms with Crippen molar-refractivity contribution in [3.63, 3.8) is 0 Å². The average Bonchev–Trinajstić information content (AvgIpc) is 3.74. The van der Waals surface area contributed by atoms with Gasteiger partial charge in [0.25, 0.3) is 0 Å². The van der Waals surface area contributed by atoms with E-state index in [1.807, 2.05) is 0 Å². The van der Waals surface area contributed by atoms with E-state index >= 15 is 0 Å². The molecule has 12 nitrogen and oxygen atoms in total. The number of sulfonamides is 2. The standard InChI is InChI=1S/C31H36N4O8S2/c36-30(34-24-12-16-28(17-13-24)44(38,39)32-22-26-8-6-20-42-26)10-4-2-1-3-5-11-31(37)35-25-14-18-29(19-15-25)45(40,41)33-23-27-9-7-21-43-27/h6-9,12-21,32-33H,1-5,10-11,22-23H2,(H,34,36)(H,35,37). The van der Waals surface area contributed by atoms with E-state index in [9.17, 15) is 26.4 Å². The van der Waals surface area contributed by atoms with Crippen molar-refractivity contribution < 1.29 is 35.3 Å². The van der Waals surface area contributed by atoms with Crippen molar-refractivity contribution in [1.29, 1.82) is 0 Å². The van der Waals surface area contributed by atoms with Crippen LogP contribution in [0.15, 0.2) is 104 Å². The molecule has 0 radical (unpaired) electrons. The number of hydrogen-bond donors (Lipinski definition) is 4. The Morgan fingerprint density at radius 2 is 0.911 bits per heavy atom. The lowest BCUT2D eigenvalue weighted by molar-refractivity contribution is -0.117. The van der Waals surface area contributed by atoms with Crippen LogP contribution in [-0.2, 0) is 42.7 Å². The van der Waals surface area contributed by atoms with Crippen molar-refractivity contribution in [2.45, 2.75) is 67.8 Å². The van der Waals surface area contributed by atoms with Gasteiger partial charge in [-0.25, -0.2) is 26.3 Å². The number of nitrogens with one attached hydrogen (secondary N) is 4. The van der Waals surface area contributed by atoms with E-state index < -0.39 is 20.0 Å². The van der Waals surface area contributed by atoms with Crippen molar-refractivity contribution in [2.24, 2.45) is 0 Å². The van der Waals surface area contributed by atoms with E-state index in [1.165, 1.54) is 36.8 Å². The van der Waals surface area contributed by atoms with Gasteiger partial charge in [0.1, 0.15) is 11.5 Å². The maximum absolute atomic E-state index is 12.4. The zero-order chi connectivity index (χ0) is 32.1. The van der Waals surface area contributed by atoms with Crippen molar-refractivity contribution in [2.75, 3.05) is 10.6 Å². The second-order valence-corrected chi connectivity index (χ2v) is 13.8. The first-order valence-corrected chi connectivity index (χ1v) is 17.4. The molecule has 0 bridgehead atoms. The number of rotatable bonds is 18. The van der Waals surface area contributed by atoms with E-state index in [-0.39, 0.29) is 34.7 Å². The Kier molecular flexibility index (Phi) is 12.1. The molecular formula is C31H36N4O8S2. The second-order valence-electron chi connectivity index (χ2n) is 10.2. The smallest absolute Gasteiger partial charge is 0.240 e. The van der Waals surface area contributed by atoms with Crippen LogP contribution in [0.1, 0.15) is 56.5 Å². The van der Waals surface area contributed by atoms with E-state index in [2.05, 4.69) is 20.1 Å². The number of anilines is 2. The van der Waals surface area contributed by atoms with Crippen LogP contribution in [0, 0.1) is 0 Å². The highest BCUT2D eigenvalue weighted by Crippen LogP contribution is 2.17. The lowest BCUT2D eigenvalue weighted by atomic mass is 10.1. The molecule has 0 aliphatic carbocycles. The quantitative estimate of drug-likeness (QED) is 0.106. The summed E-state index contributed by atoms with van der Waals surface area (Å²) in [5, 5.41) is 5.55. The molecule has 0 atom stereocenters. The number of amides is 2. The number of unbranched alkanes of at least 4 members (excludes halogenated alkanes) is 4. The Balaban J connectivity index is 1.06. The van der Waals surface area contributed by atoms with Crippen LogP contribution in [-0.4, -0.2) is 28.6 Å². The van der Waals surface area contributed by atoms with Gasteiger partial charge in [0.05, 0.1) is 35.4 Å². The molecule has 2 amide bonds. The van der Waals surface area contributed by atoms with Crippen molar-refractivity contribution in [3.05, 3.63) is 96.8 Å². The molecule has 0 aliphatic rings. The lowest BCUT2D eigenvalue weighted by Gasteiger charge is -2.09. The molecule has 14 heteroatoms. The highest BCUT2D eigenvalue weighted by Gasteiger charge is 2.16. The fraction of sp³-hybridized carbons (Fsp3) is 0.290. The minimum absolute atomic E-state index is 0.0402. The van der Waals surface area contributed by atoms with Crippen molar-refractivity contribution in [1.82, 2.24) is 9.44 Å². The normalized spacial score (nSPS) is 11.7. The van der Waals surface area contributed by atoms with Gasteiger partial charge in [-0.05, 0) is 85.6 Å². The molecule has 2 heterocycles. The van der Waals surface area contributed by atoms with Gasteiger partial charge in [0, 0.05) is 24.2 Å². The molecule has 0 fully saturated rings.